The average molecular weight is 321 g/mol. The number of nitrogens with one attached hydrogen (secondary N) is 1. The van der Waals surface area contributed by atoms with Gasteiger partial charge in [-0.1, -0.05) is 24.3 Å². The third-order valence-electron chi connectivity index (χ3n) is 3.66. The van der Waals surface area contributed by atoms with Crippen molar-refractivity contribution in [2.45, 2.75) is 20.8 Å². The molecule has 0 unspecified atom stereocenters. The number of carbonyl (C=O) groups is 2. The molecule has 0 aliphatic carbocycles. The van der Waals surface area contributed by atoms with Gasteiger partial charge in [-0.3, -0.25) is 9.59 Å². The number of amides is 2. The zero-order valence-corrected chi connectivity index (χ0v) is 14.0. The van der Waals surface area contributed by atoms with E-state index >= 15 is 0 Å². The number of aryl methyl sites for hydroxylation is 2. The van der Waals surface area contributed by atoms with Gasteiger partial charge in [0.05, 0.1) is 11.3 Å². The molecule has 5 nitrogen and oxygen atoms in total. The van der Waals surface area contributed by atoms with Gasteiger partial charge in [-0.25, -0.2) is 0 Å². The second kappa shape index (κ2) is 7.42. The molecule has 2 rings (SSSR count). The molecule has 0 heterocycles. The maximum atomic E-state index is 12.4. The van der Waals surface area contributed by atoms with Crippen molar-refractivity contribution in [2.75, 3.05) is 16.8 Å². The molecule has 0 aromatic heterocycles. The fourth-order valence-corrected chi connectivity index (χ4v) is 2.37. The van der Waals surface area contributed by atoms with Crippen molar-refractivity contribution in [1.29, 1.82) is 5.26 Å². The Labute approximate surface area is 141 Å². The second-order valence-electron chi connectivity index (χ2n) is 5.60. The Bertz CT molecular complexity index is 822. The van der Waals surface area contributed by atoms with E-state index in [2.05, 4.69) is 5.32 Å². The van der Waals surface area contributed by atoms with Crippen molar-refractivity contribution >= 4 is 23.2 Å². The zero-order chi connectivity index (χ0) is 17.7. The minimum atomic E-state index is -0.313. The molecular weight excluding hydrogens is 302 g/mol. The number of para-hydroxylation sites is 1. The van der Waals surface area contributed by atoms with Gasteiger partial charge < -0.3 is 10.2 Å². The van der Waals surface area contributed by atoms with Crippen molar-refractivity contribution in [3.05, 3.63) is 59.2 Å². The smallest absolute Gasteiger partial charge is 0.244 e. The Morgan fingerprint density at radius 2 is 1.88 bits per heavy atom. The highest BCUT2D eigenvalue weighted by Gasteiger charge is 2.19. The van der Waals surface area contributed by atoms with E-state index in [1.165, 1.54) is 11.8 Å². The molecule has 5 heteroatoms. The summed E-state index contributed by atoms with van der Waals surface area (Å²) in [5, 5.41) is 12.0. The number of hydrogen-bond donors (Lipinski definition) is 1. The first kappa shape index (κ1) is 17.2. The molecule has 122 valence electrons. The van der Waals surface area contributed by atoms with Crippen LogP contribution in [0.1, 0.15) is 23.6 Å². The summed E-state index contributed by atoms with van der Waals surface area (Å²) >= 11 is 0. The molecule has 2 amide bonds. The first-order chi connectivity index (χ1) is 11.4. The lowest BCUT2D eigenvalue weighted by molar-refractivity contribution is -0.120. The van der Waals surface area contributed by atoms with Crippen molar-refractivity contribution in [3.63, 3.8) is 0 Å². The summed E-state index contributed by atoms with van der Waals surface area (Å²) < 4.78 is 0. The standard InChI is InChI=1S/C19H19N3O2/c1-13-8-9-14(2)17(10-13)21-19(24)12-22(15(3)23)18-7-5-4-6-16(18)11-20/h4-10H,12H2,1-3H3,(H,21,24). The van der Waals surface area contributed by atoms with Gasteiger partial charge in [0.25, 0.3) is 0 Å². The van der Waals surface area contributed by atoms with Crippen molar-refractivity contribution in [2.24, 2.45) is 0 Å². The van der Waals surface area contributed by atoms with Crippen LogP contribution >= 0.6 is 0 Å². The van der Waals surface area contributed by atoms with Crippen LogP contribution in [0.3, 0.4) is 0 Å². The lowest BCUT2D eigenvalue weighted by Gasteiger charge is -2.22. The van der Waals surface area contributed by atoms with Gasteiger partial charge in [0.1, 0.15) is 12.6 Å². The van der Waals surface area contributed by atoms with E-state index in [9.17, 15) is 14.9 Å². The third kappa shape index (κ3) is 3.99. The first-order valence-electron chi connectivity index (χ1n) is 7.56. The highest BCUT2D eigenvalue weighted by atomic mass is 16.2. The van der Waals surface area contributed by atoms with E-state index < -0.39 is 0 Å². The van der Waals surface area contributed by atoms with Crippen molar-refractivity contribution in [1.82, 2.24) is 0 Å². The van der Waals surface area contributed by atoms with E-state index in [4.69, 9.17) is 0 Å². The summed E-state index contributed by atoms with van der Waals surface area (Å²) in [6, 6.07) is 14.6. The summed E-state index contributed by atoms with van der Waals surface area (Å²) in [6.45, 7) is 5.07. The molecule has 0 radical (unpaired) electrons. The minimum Gasteiger partial charge on any atom is -0.324 e. The summed E-state index contributed by atoms with van der Waals surface area (Å²) in [6.07, 6.45) is 0. The van der Waals surface area contributed by atoms with Crippen molar-refractivity contribution in [3.8, 4) is 6.07 Å². The maximum absolute atomic E-state index is 12.4. The van der Waals surface area contributed by atoms with Crippen LogP contribution in [0.2, 0.25) is 0 Å². The molecule has 0 atom stereocenters. The molecule has 0 fully saturated rings. The summed E-state index contributed by atoms with van der Waals surface area (Å²) in [5.74, 6) is -0.611. The van der Waals surface area contributed by atoms with Crippen LogP contribution in [0.15, 0.2) is 42.5 Å². The van der Waals surface area contributed by atoms with Gasteiger partial charge in [-0.15, -0.1) is 0 Å². The number of nitriles is 1. The lowest BCUT2D eigenvalue weighted by Crippen LogP contribution is -2.37. The summed E-state index contributed by atoms with van der Waals surface area (Å²) in [7, 11) is 0. The monoisotopic (exact) mass is 321 g/mol. The van der Waals surface area contributed by atoms with Crippen LogP contribution < -0.4 is 10.2 Å². The largest absolute Gasteiger partial charge is 0.324 e. The van der Waals surface area contributed by atoms with Crippen LogP contribution in [0.4, 0.5) is 11.4 Å². The lowest BCUT2D eigenvalue weighted by atomic mass is 10.1. The van der Waals surface area contributed by atoms with Gasteiger partial charge in [-0.2, -0.15) is 5.26 Å². The van der Waals surface area contributed by atoms with Gasteiger partial charge in [0.15, 0.2) is 0 Å². The third-order valence-corrected chi connectivity index (χ3v) is 3.66. The van der Waals surface area contributed by atoms with E-state index in [0.717, 1.165) is 16.8 Å². The molecule has 24 heavy (non-hydrogen) atoms. The SMILES string of the molecule is CC(=O)N(CC(=O)Nc1cc(C)ccc1C)c1ccccc1C#N. The van der Waals surface area contributed by atoms with Crippen LogP contribution in [0.5, 0.6) is 0 Å². The molecule has 0 saturated carbocycles. The number of hydrogen-bond acceptors (Lipinski definition) is 3. The molecule has 0 saturated heterocycles. The van der Waals surface area contributed by atoms with Crippen LogP contribution in [0.25, 0.3) is 0 Å². The van der Waals surface area contributed by atoms with Crippen LogP contribution in [-0.4, -0.2) is 18.4 Å². The Balaban J connectivity index is 2.22. The van der Waals surface area contributed by atoms with Gasteiger partial charge in [0.2, 0.25) is 11.8 Å². The molecule has 2 aromatic rings. The number of carbonyl (C=O) groups excluding carboxylic acids is 2. The van der Waals surface area contributed by atoms with Gasteiger partial charge in [-0.05, 0) is 43.2 Å². The highest BCUT2D eigenvalue weighted by Crippen LogP contribution is 2.21. The normalized spacial score (nSPS) is 9.92. The number of benzene rings is 2. The summed E-state index contributed by atoms with van der Waals surface area (Å²) in [5.41, 5.74) is 3.49. The van der Waals surface area contributed by atoms with Crippen LogP contribution in [-0.2, 0) is 9.59 Å². The second-order valence-corrected chi connectivity index (χ2v) is 5.60. The molecule has 0 bridgehead atoms. The quantitative estimate of drug-likeness (QED) is 0.940. The Kier molecular flexibility index (Phi) is 5.33. The molecule has 0 aliphatic heterocycles. The predicted molar refractivity (Wildman–Crippen MR) is 93.7 cm³/mol. The first-order valence-corrected chi connectivity index (χ1v) is 7.56. The van der Waals surface area contributed by atoms with Gasteiger partial charge >= 0.3 is 0 Å². The minimum absolute atomic E-state index is 0.151. The molecule has 2 aromatic carbocycles. The van der Waals surface area contributed by atoms with E-state index in [1.807, 2.05) is 38.1 Å². The highest BCUT2D eigenvalue weighted by molar-refractivity contribution is 6.02. The number of anilines is 2. The fraction of sp³-hybridized carbons (Fsp3) is 0.211. The zero-order valence-electron chi connectivity index (χ0n) is 14.0. The average Bonchev–Trinajstić information content (AvgIpc) is 2.55. The number of rotatable bonds is 4. The predicted octanol–water partition coefficient (Wildman–Crippen LogP) is 3.17. The molecule has 1 N–H and O–H groups in total. The fourth-order valence-electron chi connectivity index (χ4n) is 2.37. The van der Waals surface area contributed by atoms with E-state index in [-0.39, 0.29) is 18.4 Å². The maximum Gasteiger partial charge on any atom is 0.244 e. The Hall–Kier alpha value is -3.13. The topological polar surface area (TPSA) is 73.2 Å². The molecular formula is C19H19N3O2. The van der Waals surface area contributed by atoms with Gasteiger partial charge in [0, 0.05) is 12.6 Å². The van der Waals surface area contributed by atoms with E-state index in [0.29, 0.717) is 11.3 Å². The Morgan fingerprint density at radius 1 is 1.17 bits per heavy atom. The number of nitrogens with zero attached hydrogens (tertiary/aromatic N) is 2. The van der Waals surface area contributed by atoms with E-state index in [1.54, 1.807) is 24.3 Å². The molecule has 0 spiro atoms. The Morgan fingerprint density at radius 3 is 2.54 bits per heavy atom. The molecule has 0 aliphatic rings. The summed E-state index contributed by atoms with van der Waals surface area (Å²) in [4.78, 5) is 25.6. The van der Waals surface area contributed by atoms with Crippen LogP contribution in [0, 0.1) is 25.2 Å². The van der Waals surface area contributed by atoms with Crippen molar-refractivity contribution < 1.29 is 9.59 Å².